The normalized spacial score (nSPS) is 30.8. The molecular formula is C24H31ClN2O3. The van der Waals surface area contributed by atoms with Crippen LogP contribution in [0.1, 0.15) is 72.5 Å². The van der Waals surface area contributed by atoms with Gasteiger partial charge in [-0.1, -0.05) is 38.2 Å². The van der Waals surface area contributed by atoms with E-state index in [2.05, 4.69) is 5.32 Å². The van der Waals surface area contributed by atoms with Gasteiger partial charge >= 0.3 is 5.97 Å². The summed E-state index contributed by atoms with van der Waals surface area (Å²) in [7, 11) is 0. The molecule has 1 aliphatic carbocycles. The summed E-state index contributed by atoms with van der Waals surface area (Å²) in [6.45, 7) is -0.183. The molecule has 3 atom stereocenters. The predicted octanol–water partition coefficient (Wildman–Crippen LogP) is 4.60. The maximum Gasteiger partial charge on any atom is 0.357 e. The first-order chi connectivity index (χ1) is 15.2. The van der Waals surface area contributed by atoms with Crippen LogP contribution in [0.4, 0.5) is 0 Å². The van der Waals surface area contributed by atoms with E-state index in [-0.39, 0.29) is 29.9 Å². The minimum atomic E-state index is -2.50. The maximum atomic E-state index is 13.2. The lowest BCUT2D eigenvalue weighted by atomic mass is 9.75. The van der Waals surface area contributed by atoms with Crippen LogP contribution in [-0.4, -0.2) is 28.9 Å². The van der Waals surface area contributed by atoms with E-state index in [1.54, 1.807) is 12.1 Å². The number of hydrogen-bond acceptors (Lipinski definition) is 4. The van der Waals surface area contributed by atoms with Gasteiger partial charge in [-0.3, -0.25) is 9.36 Å². The van der Waals surface area contributed by atoms with E-state index < -0.39 is 18.5 Å². The van der Waals surface area contributed by atoms with E-state index in [1.807, 2.05) is 12.1 Å². The Hall–Kier alpha value is -1.85. The Balaban J connectivity index is 0.00000259. The highest BCUT2D eigenvalue weighted by atomic mass is 35.5. The van der Waals surface area contributed by atoms with Gasteiger partial charge in [0.25, 0.3) is 0 Å². The molecule has 5 rings (SSSR count). The van der Waals surface area contributed by atoms with Crippen molar-refractivity contribution in [3.8, 4) is 0 Å². The minimum absolute atomic E-state index is 0. The second-order valence-corrected chi connectivity index (χ2v) is 9.06. The van der Waals surface area contributed by atoms with Crippen molar-refractivity contribution in [2.45, 2.75) is 70.5 Å². The number of benzene rings is 1. The number of Topliss-reactive ketones (excluding diaryl/α,β-unsaturated/α-hetero) is 1. The van der Waals surface area contributed by atoms with Crippen LogP contribution in [0.25, 0.3) is 10.9 Å². The molecule has 1 saturated carbocycles. The summed E-state index contributed by atoms with van der Waals surface area (Å²) >= 11 is 0. The number of fused-ring (bicyclic) bond motifs is 3. The lowest BCUT2D eigenvalue weighted by Crippen LogP contribution is -2.40. The lowest BCUT2D eigenvalue weighted by molar-refractivity contribution is -0.121. The molecule has 2 aliphatic heterocycles. The minimum Gasteiger partial charge on any atom is -0.434 e. The Labute approximate surface area is 188 Å². The number of rotatable bonds is 4. The third-order valence-electron chi connectivity index (χ3n) is 7.04. The first-order valence-electron chi connectivity index (χ1n) is 12.3. The van der Waals surface area contributed by atoms with Crippen molar-refractivity contribution in [2.75, 3.05) is 6.54 Å². The van der Waals surface area contributed by atoms with E-state index in [0.717, 1.165) is 23.9 Å². The molecule has 1 aromatic carbocycles. The van der Waals surface area contributed by atoms with Crippen molar-refractivity contribution in [1.29, 1.82) is 0 Å². The Morgan fingerprint density at radius 1 is 1.27 bits per heavy atom. The number of carbonyl (C=O) groups excluding carboxylic acids is 2. The third kappa shape index (κ3) is 3.56. The van der Waals surface area contributed by atoms with Crippen LogP contribution >= 0.6 is 12.4 Å². The Morgan fingerprint density at radius 2 is 2.07 bits per heavy atom. The molecule has 3 aliphatic rings. The second-order valence-electron chi connectivity index (χ2n) is 9.06. The summed E-state index contributed by atoms with van der Waals surface area (Å²) < 4.78 is 30.4. The predicted molar refractivity (Wildman–Crippen MR) is 119 cm³/mol. The largest absolute Gasteiger partial charge is 0.434 e. The van der Waals surface area contributed by atoms with E-state index in [1.165, 1.54) is 43.6 Å². The molecule has 2 aromatic rings. The van der Waals surface area contributed by atoms with E-state index in [0.29, 0.717) is 23.8 Å². The number of nitrogens with zero attached hydrogens (tertiary/aromatic N) is 1. The van der Waals surface area contributed by atoms with Gasteiger partial charge in [-0.15, -0.1) is 12.4 Å². The molecule has 6 heteroatoms. The van der Waals surface area contributed by atoms with E-state index in [4.69, 9.17) is 8.85 Å². The summed E-state index contributed by atoms with van der Waals surface area (Å²) in [4.78, 5) is 25.6. The summed E-state index contributed by atoms with van der Waals surface area (Å²) in [5.74, 6) is 0.659. The van der Waals surface area contributed by atoms with Gasteiger partial charge in [-0.2, -0.15) is 0 Å². The van der Waals surface area contributed by atoms with Crippen LogP contribution in [0, 0.1) is 11.8 Å². The molecule has 2 fully saturated rings. The number of ketones is 1. The fraction of sp³-hybridized carbons (Fsp3) is 0.583. The molecule has 1 saturated heterocycles. The standard InChI is InChI=1S/C24H30N2O3.ClH/c1-24(2)26-19-9-8-15(12-17(19)14-20(26)23(28)29-24)13-21(27)22-18(10-11-25-22)16-6-4-3-5-7-16;/h8-9,12,14,16,18,22,25H,3-7,10-11,13H2,1-2H3;1H/t18-,22-;/m0./s1/i1D3;/t18-,22-,24?;. The van der Waals surface area contributed by atoms with Crippen molar-refractivity contribution in [1.82, 2.24) is 9.88 Å². The quantitative estimate of drug-likeness (QED) is 0.716. The van der Waals surface area contributed by atoms with Crippen LogP contribution < -0.4 is 5.32 Å². The fourth-order valence-electron chi connectivity index (χ4n) is 5.72. The molecule has 1 aromatic heterocycles. The number of cyclic esters (lactones) is 1. The number of carbonyl (C=O) groups is 2. The third-order valence-corrected chi connectivity index (χ3v) is 7.04. The number of aromatic nitrogens is 1. The van der Waals surface area contributed by atoms with Crippen LogP contribution in [0.5, 0.6) is 0 Å². The van der Waals surface area contributed by atoms with Crippen molar-refractivity contribution in [2.24, 2.45) is 11.8 Å². The molecule has 0 radical (unpaired) electrons. The highest BCUT2D eigenvalue weighted by Gasteiger charge is 2.39. The molecule has 1 N–H and O–H groups in total. The molecule has 162 valence electrons. The van der Waals surface area contributed by atoms with E-state index in [9.17, 15) is 9.59 Å². The van der Waals surface area contributed by atoms with Crippen LogP contribution in [0.2, 0.25) is 0 Å². The summed E-state index contributed by atoms with van der Waals surface area (Å²) in [5, 5.41) is 4.20. The first-order valence-corrected chi connectivity index (χ1v) is 10.8. The van der Waals surface area contributed by atoms with Crippen molar-refractivity contribution < 1.29 is 18.4 Å². The van der Waals surface area contributed by atoms with Gasteiger partial charge in [0, 0.05) is 15.9 Å². The monoisotopic (exact) mass is 433 g/mol. The molecule has 0 amide bonds. The summed E-state index contributed by atoms with van der Waals surface area (Å²) in [6.07, 6.45) is 7.73. The van der Waals surface area contributed by atoms with Crippen molar-refractivity contribution in [3.63, 3.8) is 0 Å². The van der Waals surface area contributed by atoms with Crippen molar-refractivity contribution >= 4 is 35.1 Å². The topological polar surface area (TPSA) is 60.3 Å². The van der Waals surface area contributed by atoms with Crippen molar-refractivity contribution in [3.05, 3.63) is 35.5 Å². The van der Waals surface area contributed by atoms with Crippen LogP contribution in [0.15, 0.2) is 24.3 Å². The highest BCUT2D eigenvalue weighted by Crippen LogP contribution is 2.37. The van der Waals surface area contributed by atoms with Gasteiger partial charge in [0.1, 0.15) is 5.69 Å². The maximum absolute atomic E-state index is 13.2. The molecule has 30 heavy (non-hydrogen) atoms. The van der Waals surface area contributed by atoms with Gasteiger partial charge in [0.15, 0.2) is 11.5 Å². The van der Waals surface area contributed by atoms with Crippen LogP contribution in [0.3, 0.4) is 0 Å². The summed E-state index contributed by atoms with van der Waals surface area (Å²) in [5.41, 5.74) is 0.00273. The molecule has 1 unspecified atom stereocenters. The lowest BCUT2D eigenvalue weighted by Gasteiger charge is -2.30. The zero-order valence-corrected chi connectivity index (χ0v) is 18.1. The molecule has 0 bridgehead atoms. The highest BCUT2D eigenvalue weighted by molar-refractivity contribution is 5.98. The Bertz CT molecular complexity index is 1080. The van der Waals surface area contributed by atoms with E-state index >= 15 is 0 Å². The average Bonchev–Trinajstić information content (AvgIpc) is 3.43. The number of nitrogens with one attached hydrogen (secondary N) is 1. The van der Waals surface area contributed by atoms with Gasteiger partial charge in [-0.05, 0) is 62.3 Å². The molecular weight excluding hydrogens is 400 g/mol. The number of hydrogen-bond donors (Lipinski definition) is 1. The molecule has 5 nitrogen and oxygen atoms in total. The molecule has 0 spiro atoms. The smallest absolute Gasteiger partial charge is 0.357 e. The van der Waals surface area contributed by atoms with Gasteiger partial charge in [0.05, 0.1) is 11.6 Å². The average molecular weight is 434 g/mol. The second kappa shape index (κ2) is 8.01. The van der Waals surface area contributed by atoms with Crippen LogP contribution in [-0.2, 0) is 21.7 Å². The Kier molecular flexibility index (Phi) is 4.75. The molecule has 3 heterocycles. The Morgan fingerprint density at radius 3 is 2.83 bits per heavy atom. The zero-order valence-electron chi connectivity index (χ0n) is 20.3. The SMILES string of the molecule is Cl.[2H]C([2H])([2H])C1(C)OC(=O)c2cc3cc(CC(=O)[C@H]4NCC[C@H]4C4CCCCC4)ccc3n21. The number of ether oxygens (including phenoxy) is 1. The first kappa shape index (κ1) is 17.8. The number of esters is 1. The fourth-order valence-corrected chi connectivity index (χ4v) is 5.72. The number of halogens is 1. The summed E-state index contributed by atoms with van der Waals surface area (Å²) in [6, 6.07) is 7.15. The van der Waals surface area contributed by atoms with Gasteiger partial charge in [0.2, 0.25) is 0 Å². The zero-order chi connectivity index (χ0) is 22.7. The van der Waals surface area contributed by atoms with Gasteiger partial charge < -0.3 is 10.1 Å². The van der Waals surface area contributed by atoms with Gasteiger partial charge in [-0.25, -0.2) is 4.79 Å².